The maximum atomic E-state index is 12.2. The number of rotatable bonds is 5. The van der Waals surface area contributed by atoms with E-state index in [0.29, 0.717) is 31.1 Å². The van der Waals surface area contributed by atoms with Gasteiger partial charge in [-0.25, -0.2) is 0 Å². The first kappa shape index (κ1) is 24.7. The largest absolute Gasteiger partial charge is 0.393 e. The molecule has 32 heavy (non-hydrogen) atoms. The zero-order valence-electron chi connectivity index (χ0n) is 21.3. The van der Waals surface area contributed by atoms with Crippen molar-refractivity contribution in [1.82, 2.24) is 0 Å². The highest BCUT2D eigenvalue weighted by Crippen LogP contribution is 2.69. The van der Waals surface area contributed by atoms with Crippen molar-refractivity contribution in [2.24, 2.45) is 40.4 Å². The Bertz CT molecular complexity index is 748. The third-order valence-electron chi connectivity index (χ3n) is 11.4. The summed E-state index contributed by atoms with van der Waals surface area (Å²) in [6, 6.07) is 0. The molecule has 0 radical (unpaired) electrons. The maximum absolute atomic E-state index is 12.2. The Balaban J connectivity index is 1.62. The molecule has 0 aromatic rings. The van der Waals surface area contributed by atoms with Crippen LogP contribution in [0.1, 0.15) is 99.3 Å². The average molecular weight is 449 g/mol. The van der Waals surface area contributed by atoms with Crippen molar-refractivity contribution >= 4 is 0 Å². The van der Waals surface area contributed by atoms with Crippen LogP contribution >= 0.6 is 0 Å². The molecule has 4 nitrogen and oxygen atoms in total. The van der Waals surface area contributed by atoms with Gasteiger partial charge in [0.15, 0.2) is 0 Å². The normalized spacial score (nSPS) is 50.3. The van der Waals surface area contributed by atoms with E-state index in [4.69, 9.17) is 0 Å². The van der Waals surface area contributed by atoms with Gasteiger partial charge in [0.2, 0.25) is 0 Å². The fourth-order valence-electron chi connectivity index (χ4n) is 8.54. The fourth-order valence-corrected chi connectivity index (χ4v) is 8.54. The second-order valence-electron chi connectivity index (χ2n) is 13.1. The van der Waals surface area contributed by atoms with Crippen LogP contribution in [0.4, 0.5) is 0 Å². The monoisotopic (exact) mass is 448 g/mol. The second kappa shape index (κ2) is 8.07. The molecule has 0 amide bonds. The van der Waals surface area contributed by atoms with E-state index < -0.39 is 28.8 Å². The van der Waals surface area contributed by atoms with Gasteiger partial charge in [0, 0.05) is 11.8 Å². The van der Waals surface area contributed by atoms with Crippen molar-refractivity contribution in [3.63, 3.8) is 0 Å². The molecule has 4 aliphatic carbocycles. The summed E-state index contributed by atoms with van der Waals surface area (Å²) >= 11 is 0. The molecule has 4 N–H and O–H groups in total. The number of hydrogen-bond acceptors (Lipinski definition) is 4. The minimum absolute atomic E-state index is 0.131. The Morgan fingerprint density at radius 2 is 1.62 bits per heavy atom. The zero-order valence-corrected chi connectivity index (χ0v) is 21.3. The van der Waals surface area contributed by atoms with E-state index in [1.54, 1.807) is 6.08 Å². The molecule has 0 aliphatic heterocycles. The SMILES string of the molecule is CC(C)C(C)CCC(C)C1CCC2C3=CC(O)C4(O)CC(O)CCC4(C)C3(O)CCC21C. The van der Waals surface area contributed by atoms with Gasteiger partial charge in [-0.15, -0.1) is 0 Å². The van der Waals surface area contributed by atoms with Crippen molar-refractivity contribution in [2.75, 3.05) is 0 Å². The summed E-state index contributed by atoms with van der Waals surface area (Å²) in [5.41, 5.74) is -2.28. The molecule has 10 atom stereocenters. The lowest BCUT2D eigenvalue weighted by atomic mass is 9.43. The van der Waals surface area contributed by atoms with E-state index in [1.165, 1.54) is 19.3 Å². The molecular weight excluding hydrogens is 400 g/mol. The summed E-state index contributed by atoms with van der Waals surface area (Å²) in [7, 11) is 0. The van der Waals surface area contributed by atoms with E-state index >= 15 is 0 Å². The molecule has 0 saturated heterocycles. The standard InChI is InChI=1S/C28H48O4/c1-17(2)18(3)7-8-19(4)21-9-10-22-23-15-24(30)28(32)16-20(29)11-12-26(28,6)27(23,31)14-13-25(21,22)5/h15,17-22,24,29-32H,7-14,16H2,1-6H3. The number of hydrogen-bond donors (Lipinski definition) is 4. The zero-order chi connectivity index (χ0) is 23.7. The van der Waals surface area contributed by atoms with Crippen LogP contribution in [0, 0.1) is 40.4 Å². The summed E-state index contributed by atoms with van der Waals surface area (Å²) in [4.78, 5) is 0. The summed E-state index contributed by atoms with van der Waals surface area (Å²) in [5.74, 6) is 3.02. The lowest BCUT2D eigenvalue weighted by Crippen LogP contribution is -2.72. The minimum atomic E-state index is -1.48. The minimum Gasteiger partial charge on any atom is -0.393 e. The van der Waals surface area contributed by atoms with Crippen molar-refractivity contribution in [3.05, 3.63) is 11.6 Å². The van der Waals surface area contributed by atoms with E-state index in [-0.39, 0.29) is 17.8 Å². The highest BCUT2D eigenvalue weighted by atomic mass is 16.4. The predicted octanol–water partition coefficient (Wildman–Crippen LogP) is 4.84. The second-order valence-corrected chi connectivity index (χ2v) is 13.1. The summed E-state index contributed by atoms with van der Waals surface area (Å²) in [6.45, 7) is 13.8. The molecule has 0 heterocycles. The van der Waals surface area contributed by atoms with Crippen LogP contribution in [-0.4, -0.2) is 43.8 Å². The van der Waals surface area contributed by atoms with Crippen molar-refractivity contribution in [2.45, 2.75) is 123 Å². The van der Waals surface area contributed by atoms with Gasteiger partial charge >= 0.3 is 0 Å². The summed E-state index contributed by atoms with van der Waals surface area (Å²) in [5, 5.41) is 45.2. The highest BCUT2D eigenvalue weighted by Gasteiger charge is 2.71. The first-order valence-corrected chi connectivity index (χ1v) is 13.3. The molecule has 4 heteroatoms. The molecular formula is C28H48O4. The molecule has 0 aromatic heterocycles. The third kappa shape index (κ3) is 3.30. The van der Waals surface area contributed by atoms with E-state index in [9.17, 15) is 20.4 Å². The molecule has 0 bridgehead atoms. The third-order valence-corrected chi connectivity index (χ3v) is 11.4. The quantitative estimate of drug-likeness (QED) is 0.454. The van der Waals surface area contributed by atoms with Gasteiger partial charge in [-0.1, -0.05) is 60.5 Å². The van der Waals surface area contributed by atoms with Gasteiger partial charge in [-0.2, -0.15) is 0 Å². The molecule has 3 saturated carbocycles. The smallest absolute Gasteiger partial charge is 0.105 e. The molecule has 184 valence electrons. The van der Waals surface area contributed by atoms with Crippen LogP contribution in [0.2, 0.25) is 0 Å². The molecule has 10 unspecified atom stereocenters. The van der Waals surface area contributed by atoms with Gasteiger partial charge in [-0.05, 0) is 79.1 Å². The van der Waals surface area contributed by atoms with Crippen LogP contribution in [0.5, 0.6) is 0 Å². The predicted molar refractivity (Wildman–Crippen MR) is 128 cm³/mol. The number of aliphatic hydroxyl groups is 4. The molecule has 0 aromatic carbocycles. The average Bonchev–Trinajstić information content (AvgIpc) is 3.07. The van der Waals surface area contributed by atoms with Crippen LogP contribution < -0.4 is 0 Å². The summed E-state index contributed by atoms with van der Waals surface area (Å²) in [6.07, 6.45) is 7.74. The Morgan fingerprint density at radius 1 is 0.938 bits per heavy atom. The number of aliphatic hydroxyl groups excluding tert-OH is 2. The molecule has 0 spiro atoms. The fraction of sp³-hybridized carbons (Fsp3) is 0.929. The molecule has 4 rings (SSSR count). The van der Waals surface area contributed by atoms with Crippen LogP contribution in [0.3, 0.4) is 0 Å². The summed E-state index contributed by atoms with van der Waals surface area (Å²) < 4.78 is 0. The van der Waals surface area contributed by atoms with Gasteiger partial charge in [-0.3, -0.25) is 0 Å². The first-order valence-electron chi connectivity index (χ1n) is 13.3. The topological polar surface area (TPSA) is 80.9 Å². The van der Waals surface area contributed by atoms with Gasteiger partial charge in [0.25, 0.3) is 0 Å². The van der Waals surface area contributed by atoms with E-state index in [2.05, 4.69) is 34.6 Å². The van der Waals surface area contributed by atoms with Gasteiger partial charge < -0.3 is 20.4 Å². The van der Waals surface area contributed by atoms with Crippen LogP contribution in [0.15, 0.2) is 11.6 Å². The Kier molecular flexibility index (Phi) is 6.23. The Morgan fingerprint density at radius 3 is 2.28 bits per heavy atom. The van der Waals surface area contributed by atoms with E-state index in [1.807, 2.05) is 6.92 Å². The van der Waals surface area contributed by atoms with Gasteiger partial charge in [0.05, 0.1) is 11.7 Å². The lowest BCUT2D eigenvalue weighted by Gasteiger charge is -2.65. The molecule has 4 aliphatic rings. The Hall–Kier alpha value is -0.420. The molecule has 3 fully saturated rings. The van der Waals surface area contributed by atoms with Gasteiger partial charge in [0.1, 0.15) is 11.7 Å². The van der Waals surface area contributed by atoms with Crippen molar-refractivity contribution < 1.29 is 20.4 Å². The van der Waals surface area contributed by atoms with E-state index in [0.717, 1.165) is 30.3 Å². The highest BCUT2D eigenvalue weighted by molar-refractivity contribution is 5.40. The van der Waals surface area contributed by atoms with Crippen molar-refractivity contribution in [3.8, 4) is 0 Å². The van der Waals surface area contributed by atoms with Crippen molar-refractivity contribution in [1.29, 1.82) is 0 Å². The maximum Gasteiger partial charge on any atom is 0.105 e. The lowest BCUT2D eigenvalue weighted by molar-refractivity contribution is -0.258. The van der Waals surface area contributed by atoms with Crippen LogP contribution in [0.25, 0.3) is 0 Å². The Labute approximate surface area is 195 Å². The first-order chi connectivity index (χ1) is 14.8. The number of fused-ring (bicyclic) bond motifs is 5. The van der Waals surface area contributed by atoms with Crippen LogP contribution in [-0.2, 0) is 0 Å².